The molecular formula is C26H25NO5. The summed E-state index contributed by atoms with van der Waals surface area (Å²) in [5.74, 6) is -0.475. The molecule has 3 aromatic carbocycles. The van der Waals surface area contributed by atoms with Gasteiger partial charge in [0.15, 0.2) is 0 Å². The van der Waals surface area contributed by atoms with Crippen molar-refractivity contribution < 1.29 is 24.2 Å². The zero-order valence-electron chi connectivity index (χ0n) is 17.8. The molecule has 0 bridgehead atoms. The van der Waals surface area contributed by atoms with Crippen LogP contribution in [0, 0.1) is 0 Å². The number of nitrogens with zero attached hydrogens (tertiary/aromatic N) is 1. The molecule has 1 N–H and O–H groups in total. The van der Waals surface area contributed by atoms with Crippen molar-refractivity contribution in [3.8, 4) is 5.75 Å². The van der Waals surface area contributed by atoms with Gasteiger partial charge in [-0.1, -0.05) is 60.7 Å². The number of carboxylic acids is 1. The van der Waals surface area contributed by atoms with Crippen LogP contribution in [0.1, 0.15) is 35.6 Å². The fraction of sp³-hybridized carbons (Fsp3) is 0.231. The maximum absolute atomic E-state index is 13.6. The number of hydrogen-bond acceptors (Lipinski definition) is 4. The second-order valence-corrected chi connectivity index (χ2v) is 7.68. The summed E-state index contributed by atoms with van der Waals surface area (Å²) in [6.07, 6.45) is -1.45. The van der Waals surface area contributed by atoms with Crippen molar-refractivity contribution in [3.63, 3.8) is 0 Å². The fourth-order valence-electron chi connectivity index (χ4n) is 3.96. The Balaban J connectivity index is 1.78. The van der Waals surface area contributed by atoms with E-state index in [1.54, 1.807) is 12.0 Å². The number of benzene rings is 3. The molecule has 4 rings (SSSR count). The molecule has 1 heterocycles. The molecule has 1 aliphatic rings. The van der Waals surface area contributed by atoms with Gasteiger partial charge in [-0.25, -0.2) is 0 Å². The number of anilines is 1. The lowest BCUT2D eigenvalue weighted by Gasteiger charge is -2.25. The lowest BCUT2D eigenvalue weighted by Crippen LogP contribution is -2.39. The summed E-state index contributed by atoms with van der Waals surface area (Å²) in [4.78, 5) is 26.6. The van der Waals surface area contributed by atoms with Crippen LogP contribution < -0.4 is 9.64 Å². The molecule has 0 saturated heterocycles. The van der Waals surface area contributed by atoms with Gasteiger partial charge in [0.25, 0.3) is 5.91 Å². The van der Waals surface area contributed by atoms with E-state index in [1.807, 2.05) is 78.9 Å². The molecule has 164 valence electrons. The molecule has 0 aliphatic carbocycles. The molecule has 6 heteroatoms. The van der Waals surface area contributed by atoms with Crippen molar-refractivity contribution in [2.75, 3.05) is 12.0 Å². The van der Waals surface area contributed by atoms with Crippen molar-refractivity contribution in [1.29, 1.82) is 0 Å². The molecule has 0 aromatic heterocycles. The number of fused-ring (bicyclic) bond motifs is 1. The molecule has 0 saturated carbocycles. The van der Waals surface area contributed by atoms with Crippen molar-refractivity contribution in [2.45, 2.75) is 31.6 Å². The molecular weight excluding hydrogens is 406 g/mol. The fourth-order valence-corrected chi connectivity index (χ4v) is 3.96. The summed E-state index contributed by atoms with van der Waals surface area (Å²) in [5, 5.41) is 9.22. The van der Waals surface area contributed by atoms with Gasteiger partial charge in [0.1, 0.15) is 18.0 Å². The maximum Gasteiger partial charge on any atom is 0.303 e. The molecule has 0 spiro atoms. The Hall–Kier alpha value is -3.64. The predicted octanol–water partition coefficient (Wildman–Crippen LogP) is 4.58. The van der Waals surface area contributed by atoms with Crippen molar-refractivity contribution in [2.24, 2.45) is 0 Å². The molecule has 32 heavy (non-hydrogen) atoms. The number of ether oxygens (including phenoxy) is 2. The normalized spacial score (nSPS) is 18.0. The van der Waals surface area contributed by atoms with Crippen LogP contribution in [0.5, 0.6) is 5.75 Å². The predicted molar refractivity (Wildman–Crippen MR) is 121 cm³/mol. The van der Waals surface area contributed by atoms with Gasteiger partial charge in [-0.15, -0.1) is 0 Å². The van der Waals surface area contributed by atoms with Crippen LogP contribution in [-0.2, 0) is 20.9 Å². The van der Waals surface area contributed by atoms with E-state index in [1.165, 1.54) is 0 Å². The van der Waals surface area contributed by atoms with Crippen LogP contribution >= 0.6 is 0 Å². The first-order valence-corrected chi connectivity index (χ1v) is 10.5. The van der Waals surface area contributed by atoms with E-state index in [0.29, 0.717) is 6.54 Å². The van der Waals surface area contributed by atoms with Gasteiger partial charge in [0, 0.05) is 12.0 Å². The Kier molecular flexibility index (Phi) is 6.52. The van der Waals surface area contributed by atoms with Gasteiger partial charge < -0.3 is 19.5 Å². The second kappa shape index (κ2) is 9.66. The monoisotopic (exact) mass is 431 g/mol. The first-order chi connectivity index (χ1) is 15.6. The number of aliphatic carboxylic acids is 1. The van der Waals surface area contributed by atoms with Crippen LogP contribution in [0.25, 0.3) is 0 Å². The topological polar surface area (TPSA) is 76.1 Å². The largest absolute Gasteiger partial charge is 0.497 e. The van der Waals surface area contributed by atoms with Gasteiger partial charge >= 0.3 is 5.97 Å². The number of amides is 1. The zero-order valence-corrected chi connectivity index (χ0v) is 17.8. The Morgan fingerprint density at radius 2 is 1.69 bits per heavy atom. The van der Waals surface area contributed by atoms with Crippen molar-refractivity contribution >= 4 is 17.6 Å². The first kappa shape index (κ1) is 21.6. The Morgan fingerprint density at radius 1 is 1.00 bits per heavy atom. The highest BCUT2D eigenvalue weighted by Crippen LogP contribution is 2.39. The molecule has 2 atom stereocenters. The van der Waals surface area contributed by atoms with Gasteiger partial charge in [-0.3, -0.25) is 9.59 Å². The van der Waals surface area contributed by atoms with E-state index in [9.17, 15) is 14.7 Å². The summed E-state index contributed by atoms with van der Waals surface area (Å²) < 4.78 is 11.6. The Morgan fingerprint density at radius 3 is 2.38 bits per heavy atom. The number of carbonyl (C=O) groups excluding carboxylic acids is 1. The number of carbonyl (C=O) groups is 2. The van der Waals surface area contributed by atoms with Crippen LogP contribution in [0.3, 0.4) is 0 Å². The van der Waals surface area contributed by atoms with Crippen LogP contribution in [0.2, 0.25) is 0 Å². The Labute approximate surface area is 187 Å². The van der Waals surface area contributed by atoms with Gasteiger partial charge in [0.05, 0.1) is 19.3 Å². The van der Waals surface area contributed by atoms with E-state index in [-0.39, 0.29) is 18.7 Å². The minimum absolute atomic E-state index is 0.0973. The van der Waals surface area contributed by atoms with Crippen molar-refractivity contribution in [1.82, 2.24) is 0 Å². The smallest absolute Gasteiger partial charge is 0.303 e. The van der Waals surface area contributed by atoms with Crippen LogP contribution in [0.4, 0.5) is 5.69 Å². The lowest BCUT2D eigenvalue weighted by molar-refractivity contribution is -0.139. The second-order valence-electron chi connectivity index (χ2n) is 7.68. The molecule has 1 aliphatic heterocycles. The van der Waals surface area contributed by atoms with Crippen LogP contribution in [0.15, 0.2) is 78.9 Å². The summed E-state index contributed by atoms with van der Waals surface area (Å²) in [6, 6.07) is 24.9. The van der Waals surface area contributed by atoms with Gasteiger partial charge in [0.2, 0.25) is 0 Å². The zero-order chi connectivity index (χ0) is 22.5. The van der Waals surface area contributed by atoms with Crippen molar-refractivity contribution in [3.05, 3.63) is 95.6 Å². The number of hydrogen-bond donors (Lipinski definition) is 1. The minimum Gasteiger partial charge on any atom is -0.497 e. The summed E-state index contributed by atoms with van der Waals surface area (Å²) in [5.41, 5.74) is 3.48. The molecule has 1 amide bonds. The summed E-state index contributed by atoms with van der Waals surface area (Å²) >= 11 is 0. The van der Waals surface area contributed by atoms with E-state index < -0.39 is 18.2 Å². The molecule has 3 aromatic rings. The van der Waals surface area contributed by atoms with Gasteiger partial charge in [-0.05, 0) is 35.7 Å². The number of para-hydroxylation sites is 1. The SMILES string of the molecule is COc1ccc([C@@H]2O[C@@H](CCC(=O)O)C(=O)N(Cc3ccccc3)c3ccccc32)cc1. The molecule has 0 fully saturated rings. The quantitative estimate of drug-likeness (QED) is 0.593. The molecule has 0 radical (unpaired) electrons. The minimum atomic E-state index is -0.959. The first-order valence-electron chi connectivity index (χ1n) is 10.5. The highest BCUT2D eigenvalue weighted by atomic mass is 16.5. The van der Waals surface area contributed by atoms with Crippen LogP contribution in [-0.4, -0.2) is 30.2 Å². The van der Waals surface area contributed by atoms with E-state index in [0.717, 1.165) is 28.1 Å². The summed E-state index contributed by atoms with van der Waals surface area (Å²) in [6.45, 7) is 0.374. The van der Waals surface area contributed by atoms with Gasteiger partial charge in [-0.2, -0.15) is 0 Å². The van der Waals surface area contributed by atoms with E-state index in [4.69, 9.17) is 9.47 Å². The third kappa shape index (κ3) is 4.65. The summed E-state index contributed by atoms with van der Waals surface area (Å²) in [7, 11) is 1.61. The Bertz CT molecular complexity index is 1080. The molecule has 6 nitrogen and oxygen atoms in total. The number of carboxylic acid groups (broad SMARTS) is 1. The standard InChI is InChI=1S/C26H25NO5/c1-31-20-13-11-19(12-14-20)25-21-9-5-6-10-22(21)27(17-18-7-3-2-4-8-18)26(30)23(32-25)15-16-24(28)29/h2-14,23,25H,15-17H2,1H3,(H,28,29)/t23-,25-/m0/s1. The van der Waals surface area contributed by atoms with E-state index in [2.05, 4.69) is 0 Å². The average molecular weight is 431 g/mol. The highest BCUT2D eigenvalue weighted by molar-refractivity contribution is 5.98. The number of methoxy groups -OCH3 is 1. The third-order valence-corrected chi connectivity index (χ3v) is 5.57. The van der Waals surface area contributed by atoms with E-state index >= 15 is 0 Å². The number of rotatable bonds is 7. The lowest BCUT2D eigenvalue weighted by atomic mass is 9.99. The highest BCUT2D eigenvalue weighted by Gasteiger charge is 2.36. The molecule has 0 unspecified atom stereocenters. The maximum atomic E-state index is 13.6. The third-order valence-electron chi connectivity index (χ3n) is 5.57. The average Bonchev–Trinajstić information content (AvgIpc) is 2.94.